The quantitative estimate of drug-likeness (QED) is 0.391. The molecule has 1 N–H and O–H groups in total. The highest BCUT2D eigenvalue weighted by molar-refractivity contribution is 14.2. The molecule has 1 saturated heterocycles. The van der Waals surface area contributed by atoms with Crippen LogP contribution >= 0.6 is 28.4 Å². The van der Waals surface area contributed by atoms with Gasteiger partial charge in [0.1, 0.15) is 0 Å². The van der Waals surface area contributed by atoms with Crippen LogP contribution in [0, 0.1) is 17.7 Å². The number of halogens is 2. The number of nitrogens with one attached hydrogen (secondary N) is 1. The lowest BCUT2D eigenvalue weighted by Crippen LogP contribution is -2.46. The maximum Gasteiger partial charge on any atom is 0.274 e. The molecule has 2 aliphatic rings. The van der Waals surface area contributed by atoms with Crippen molar-refractivity contribution in [3.63, 3.8) is 0 Å². The third-order valence-electron chi connectivity index (χ3n) is 6.84. The van der Waals surface area contributed by atoms with Crippen molar-refractivity contribution in [2.45, 2.75) is 51.5 Å². The molecular formula is C23H30FIN5O3P. The third-order valence-corrected chi connectivity index (χ3v) is 8.71. The molecule has 3 heterocycles. The van der Waals surface area contributed by atoms with E-state index in [4.69, 9.17) is 4.74 Å². The van der Waals surface area contributed by atoms with Crippen LogP contribution in [0.1, 0.15) is 55.9 Å². The van der Waals surface area contributed by atoms with Crippen LogP contribution < -0.4 is 10.1 Å². The summed E-state index contributed by atoms with van der Waals surface area (Å²) in [4.78, 5) is 31.5. The van der Waals surface area contributed by atoms with Crippen molar-refractivity contribution in [1.29, 1.82) is 0 Å². The summed E-state index contributed by atoms with van der Waals surface area (Å²) in [6.07, 6.45) is 7.01. The number of ether oxygens (including phenoxy) is 1. The van der Waals surface area contributed by atoms with Crippen LogP contribution in [0.3, 0.4) is 0 Å². The molecule has 2 aromatic heterocycles. The zero-order chi connectivity index (χ0) is 24.2. The summed E-state index contributed by atoms with van der Waals surface area (Å²) in [5.41, 5.74) is 1.06. The molecule has 184 valence electrons. The molecule has 0 radical (unpaired) electrons. The molecule has 0 bridgehead atoms. The van der Waals surface area contributed by atoms with E-state index in [0.29, 0.717) is 31.6 Å². The average Bonchev–Trinajstić information content (AvgIpc) is 3.29. The number of piperidine rings is 1. The van der Waals surface area contributed by atoms with Crippen molar-refractivity contribution in [2.75, 3.05) is 20.2 Å². The molecular weight excluding hydrogens is 571 g/mol. The fraction of sp³-hybridized carbons (Fsp3) is 0.565. The van der Waals surface area contributed by atoms with Gasteiger partial charge >= 0.3 is 0 Å². The summed E-state index contributed by atoms with van der Waals surface area (Å²) in [5.74, 6) is 0.385. The molecule has 1 atom stereocenters. The molecule has 2 fully saturated rings. The molecule has 11 heteroatoms. The van der Waals surface area contributed by atoms with Gasteiger partial charge in [0.05, 0.1) is 25.4 Å². The van der Waals surface area contributed by atoms with E-state index in [2.05, 4.69) is 44.4 Å². The summed E-state index contributed by atoms with van der Waals surface area (Å²) in [7, 11) is 1.47. The van der Waals surface area contributed by atoms with E-state index in [1.54, 1.807) is 15.4 Å². The Balaban J connectivity index is 1.39. The van der Waals surface area contributed by atoms with Crippen LogP contribution in [0.15, 0.2) is 18.3 Å². The Morgan fingerprint density at radius 3 is 2.53 bits per heavy atom. The second-order valence-corrected chi connectivity index (χ2v) is 11.2. The lowest BCUT2D eigenvalue weighted by Gasteiger charge is -2.33. The van der Waals surface area contributed by atoms with E-state index in [9.17, 15) is 14.0 Å². The summed E-state index contributed by atoms with van der Waals surface area (Å²) >= 11 is 2.15. The number of aromatic nitrogens is 3. The molecule has 1 saturated carbocycles. The van der Waals surface area contributed by atoms with Gasteiger partial charge in [-0.05, 0) is 72.6 Å². The van der Waals surface area contributed by atoms with Gasteiger partial charge in [-0.2, -0.15) is 5.10 Å². The van der Waals surface area contributed by atoms with Gasteiger partial charge in [-0.25, -0.2) is 13.8 Å². The van der Waals surface area contributed by atoms with Gasteiger partial charge in [-0.1, -0.05) is 6.92 Å². The average molecular weight is 601 g/mol. The first-order valence-electron chi connectivity index (χ1n) is 11.7. The van der Waals surface area contributed by atoms with E-state index in [-0.39, 0.29) is 47.3 Å². The van der Waals surface area contributed by atoms with Crippen molar-refractivity contribution >= 4 is 40.2 Å². The molecule has 1 aliphatic heterocycles. The van der Waals surface area contributed by atoms with Crippen molar-refractivity contribution in [3.05, 3.63) is 29.8 Å². The Bertz CT molecular complexity index is 1040. The number of amides is 2. The Kier molecular flexibility index (Phi) is 8.39. The highest BCUT2D eigenvalue weighted by Gasteiger charge is 2.31. The second kappa shape index (κ2) is 11.3. The van der Waals surface area contributed by atoms with Crippen LogP contribution in [0.2, 0.25) is 0 Å². The molecule has 34 heavy (non-hydrogen) atoms. The normalized spacial score (nSPS) is 21.7. The SMILES string of the molecule is COc1cc(-c2cc(C(=O)N3CCC(C(=O)NC4CCC(C)CC4)CC3)nn2PI)c(F)cn1. The van der Waals surface area contributed by atoms with E-state index in [0.717, 1.165) is 25.0 Å². The molecule has 1 unspecified atom stereocenters. The van der Waals surface area contributed by atoms with Crippen molar-refractivity contribution < 1.29 is 18.7 Å². The van der Waals surface area contributed by atoms with Gasteiger partial charge < -0.3 is 15.0 Å². The lowest BCUT2D eigenvalue weighted by molar-refractivity contribution is -0.127. The number of hydrogen-bond acceptors (Lipinski definition) is 5. The van der Waals surface area contributed by atoms with Crippen LogP contribution in [-0.2, 0) is 4.79 Å². The summed E-state index contributed by atoms with van der Waals surface area (Å²) in [6, 6.07) is 3.41. The van der Waals surface area contributed by atoms with Gasteiger partial charge in [0.2, 0.25) is 11.8 Å². The smallest absolute Gasteiger partial charge is 0.274 e. The number of likely N-dealkylation sites (tertiary alicyclic amines) is 1. The predicted molar refractivity (Wildman–Crippen MR) is 138 cm³/mol. The minimum Gasteiger partial charge on any atom is -0.481 e. The van der Waals surface area contributed by atoms with E-state index < -0.39 is 5.82 Å². The van der Waals surface area contributed by atoms with Crippen LogP contribution in [-0.4, -0.2) is 57.5 Å². The summed E-state index contributed by atoms with van der Waals surface area (Å²) < 4.78 is 21.2. The van der Waals surface area contributed by atoms with E-state index in [1.807, 2.05) is 0 Å². The number of methoxy groups -OCH3 is 1. The summed E-state index contributed by atoms with van der Waals surface area (Å²) in [6.45, 7) is 3.28. The van der Waals surface area contributed by atoms with Gasteiger partial charge in [0.15, 0.2) is 11.5 Å². The van der Waals surface area contributed by atoms with Crippen molar-refractivity contribution in [2.24, 2.45) is 11.8 Å². The van der Waals surface area contributed by atoms with Crippen molar-refractivity contribution in [1.82, 2.24) is 24.8 Å². The highest BCUT2D eigenvalue weighted by atomic mass is 127. The number of pyridine rings is 1. The largest absolute Gasteiger partial charge is 0.481 e. The Morgan fingerprint density at radius 2 is 1.88 bits per heavy atom. The first-order valence-corrected chi connectivity index (χ1v) is 15.7. The highest BCUT2D eigenvalue weighted by Crippen LogP contribution is 2.34. The fourth-order valence-corrected chi connectivity index (χ4v) is 6.22. The van der Waals surface area contributed by atoms with Gasteiger partial charge in [-0.15, -0.1) is 0 Å². The van der Waals surface area contributed by atoms with Gasteiger partial charge in [0.25, 0.3) is 5.91 Å². The molecule has 0 aromatic carbocycles. The summed E-state index contributed by atoms with van der Waals surface area (Å²) in [5, 5.41) is 7.66. The monoisotopic (exact) mass is 601 g/mol. The fourth-order valence-electron chi connectivity index (χ4n) is 4.70. The van der Waals surface area contributed by atoms with Gasteiger partial charge in [0, 0.05) is 36.7 Å². The van der Waals surface area contributed by atoms with Crippen LogP contribution in [0.5, 0.6) is 5.88 Å². The minimum absolute atomic E-state index is 0.0641. The molecule has 2 aromatic rings. The van der Waals surface area contributed by atoms with Crippen LogP contribution in [0.4, 0.5) is 4.39 Å². The molecule has 0 spiro atoms. The maximum absolute atomic E-state index is 14.5. The van der Waals surface area contributed by atoms with Crippen LogP contribution in [0.25, 0.3) is 11.3 Å². The van der Waals surface area contributed by atoms with E-state index in [1.165, 1.54) is 26.0 Å². The lowest BCUT2D eigenvalue weighted by atomic mass is 9.86. The maximum atomic E-state index is 14.5. The predicted octanol–water partition coefficient (Wildman–Crippen LogP) is 4.43. The molecule has 1 aliphatic carbocycles. The molecule has 2 amide bonds. The Morgan fingerprint density at radius 1 is 1.18 bits per heavy atom. The van der Waals surface area contributed by atoms with Crippen molar-refractivity contribution in [3.8, 4) is 17.1 Å². The number of hydrogen-bond donors (Lipinski definition) is 1. The number of rotatable bonds is 6. The second-order valence-electron chi connectivity index (χ2n) is 9.15. The topological polar surface area (TPSA) is 89.4 Å². The number of carbonyl (C=O) groups excluding carboxylic acids is 2. The van der Waals surface area contributed by atoms with Gasteiger partial charge in [-0.3, -0.25) is 9.59 Å². The first-order chi connectivity index (χ1) is 16.4. The number of carbonyl (C=O) groups is 2. The zero-order valence-electron chi connectivity index (χ0n) is 19.4. The first kappa shape index (κ1) is 25.3. The number of nitrogens with zero attached hydrogens (tertiary/aromatic N) is 4. The standard InChI is InChI=1S/C23H30FIN5O3P/c1-14-3-5-16(6-4-14)27-22(31)15-7-9-29(10-8-15)23(32)19-12-20(30(28-19)34-25)17-11-21(33-2)26-13-18(17)24/h11-16,34H,3-10H2,1-2H3,(H,27,31). The Hall–Kier alpha value is -1.81. The zero-order valence-corrected chi connectivity index (χ0v) is 22.5. The molecule has 4 rings (SSSR count). The Labute approximate surface area is 213 Å². The third kappa shape index (κ3) is 5.70. The molecule has 8 nitrogen and oxygen atoms in total. The minimum atomic E-state index is -0.505. The van der Waals surface area contributed by atoms with E-state index >= 15 is 0 Å².